The van der Waals surface area contributed by atoms with E-state index in [0.717, 1.165) is 43.9 Å². The highest BCUT2D eigenvalue weighted by Gasteiger charge is 2.24. The molecule has 1 unspecified atom stereocenters. The topological polar surface area (TPSA) is 95.6 Å². The number of H-pyrrole nitrogens is 2. The normalized spacial score (nSPS) is 17.9. The van der Waals surface area contributed by atoms with E-state index in [2.05, 4.69) is 72.0 Å². The van der Waals surface area contributed by atoms with E-state index in [4.69, 9.17) is 4.74 Å². The number of aromatic nitrogens is 6. The van der Waals surface area contributed by atoms with Crippen molar-refractivity contribution in [1.29, 1.82) is 0 Å². The summed E-state index contributed by atoms with van der Waals surface area (Å²) in [5.74, 6) is 0.562. The molecule has 1 atom stereocenters. The van der Waals surface area contributed by atoms with Gasteiger partial charge in [-0.25, -0.2) is 0 Å². The van der Waals surface area contributed by atoms with Crippen LogP contribution in [0.4, 0.5) is 0 Å². The second kappa shape index (κ2) is 7.49. The zero-order valence-corrected chi connectivity index (χ0v) is 15.4. The Hall–Kier alpha value is -3.10. The molecule has 1 fully saturated rings. The molecule has 8 nitrogen and oxygen atoms in total. The highest BCUT2D eigenvalue weighted by Crippen LogP contribution is 2.23. The fraction of sp³-hybridized carbons (Fsp3) is 0.300. The Morgan fingerprint density at radius 1 is 1.21 bits per heavy atom. The molecule has 4 aromatic rings. The molecule has 28 heavy (non-hydrogen) atoms. The van der Waals surface area contributed by atoms with E-state index in [1.54, 1.807) is 6.20 Å². The van der Waals surface area contributed by atoms with Gasteiger partial charge in [0.1, 0.15) is 0 Å². The predicted octanol–water partition coefficient (Wildman–Crippen LogP) is 2.19. The molecule has 0 spiro atoms. The average molecular weight is 375 g/mol. The lowest BCUT2D eigenvalue weighted by Gasteiger charge is -2.35. The van der Waals surface area contributed by atoms with Gasteiger partial charge in [-0.15, -0.1) is 10.2 Å². The molecule has 2 N–H and O–H groups in total. The second-order valence-electron chi connectivity index (χ2n) is 7.08. The number of rotatable bonds is 5. The van der Waals surface area contributed by atoms with Gasteiger partial charge in [-0.1, -0.05) is 18.2 Å². The lowest BCUT2D eigenvalue weighted by molar-refractivity contribution is -0.0111. The highest BCUT2D eigenvalue weighted by molar-refractivity contribution is 5.83. The average Bonchev–Trinajstić information content (AvgIpc) is 3.41. The summed E-state index contributed by atoms with van der Waals surface area (Å²) in [4.78, 5) is 10.2. The van der Waals surface area contributed by atoms with Crippen LogP contribution in [0, 0.1) is 0 Å². The van der Waals surface area contributed by atoms with Crippen LogP contribution in [0.15, 0.2) is 48.9 Å². The number of aromatic amines is 2. The number of hydrogen-bond donors (Lipinski definition) is 2. The van der Waals surface area contributed by atoms with Crippen molar-refractivity contribution in [2.75, 3.05) is 19.8 Å². The monoisotopic (exact) mass is 375 g/mol. The van der Waals surface area contributed by atoms with E-state index in [-0.39, 0.29) is 0 Å². The lowest BCUT2D eigenvalue weighted by atomic mass is 10.0. The van der Waals surface area contributed by atoms with Crippen LogP contribution in [-0.2, 0) is 17.7 Å². The minimum atomic E-state index is 0.321. The predicted molar refractivity (Wildman–Crippen MR) is 104 cm³/mol. The third-order valence-electron chi connectivity index (χ3n) is 5.26. The number of nitrogens with one attached hydrogen (secondary N) is 2. The summed E-state index contributed by atoms with van der Waals surface area (Å²) in [5, 5.41) is 15.5. The standard InChI is InChI=1S/C20H21N7O/c1-2-4-19-18(3-1)15(11-22-19)8-17-13-28-6-5-27(17)12-14-7-16(10-21-9-14)20-23-25-26-24-20/h1-4,7,9-11,17,22H,5-6,8,12-13H2,(H,23,24,25,26). The Kier molecular flexibility index (Phi) is 4.56. The zero-order valence-electron chi connectivity index (χ0n) is 15.4. The quantitative estimate of drug-likeness (QED) is 0.555. The Morgan fingerprint density at radius 2 is 2.18 bits per heavy atom. The number of hydrogen-bond acceptors (Lipinski definition) is 6. The molecule has 1 aliphatic rings. The first kappa shape index (κ1) is 17.0. The van der Waals surface area contributed by atoms with E-state index in [1.807, 2.05) is 6.20 Å². The second-order valence-corrected chi connectivity index (χ2v) is 7.08. The van der Waals surface area contributed by atoms with Crippen LogP contribution in [0.1, 0.15) is 11.1 Å². The van der Waals surface area contributed by atoms with E-state index in [1.165, 1.54) is 16.5 Å². The van der Waals surface area contributed by atoms with Gasteiger partial charge in [0.25, 0.3) is 0 Å². The molecular weight excluding hydrogens is 354 g/mol. The van der Waals surface area contributed by atoms with Crippen molar-refractivity contribution >= 4 is 10.9 Å². The SMILES string of the molecule is c1ccc2c(CC3COCCN3Cc3cncc(-c4nn[nH]n4)c3)c[nH]c2c1. The van der Waals surface area contributed by atoms with Gasteiger partial charge in [0.2, 0.25) is 5.82 Å². The van der Waals surface area contributed by atoms with Crippen molar-refractivity contribution in [1.82, 2.24) is 35.5 Å². The molecule has 4 heterocycles. The van der Waals surface area contributed by atoms with Gasteiger partial charge in [-0.2, -0.15) is 5.21 Å². The zero-order chi connectivity index (χ0) is 18.8. The highest BCUT2D eigenvalue weighted by atomic mass is 16.5. The maximum absolute atomic E-state index is 5.79. The first-order valence-corrected chi connectivity index (χ1v) is 9.41. The number of fused-ring (bicyclic) bond motifs is 1. The van der Waals surface area contributed by atoms with Gasteiger partial charge in [0.15, 0.2) is 0 Å². The van der Waals surface area contributed by atoms with Crippen LogP contribution in [0.25, 0.3) is 22.3 Å². The van der Waals surface area contributed by atoms with Crippen LogP contribution >= 0.6 is 0 Å². The van der Waals surface area contributed by atoms with Gasteiger partial charge < -0.3 is 9.72 Å². The number of benzene rings is 1. The van der Waals surface area contributed by atoms with E-state index >= 15 is 0 Å². The van der Waals surface area contributed by atoms with Crippen molar-refractivity contribution in [3.63, 3.8) is 0 Å². The van der Waals surface area contributed by atoms with Crippen LogP contribution < -0.4 is 0 Å². The number of nitrogens with zero attached hydrogens (tertiary/aromatic N) is 5. The molecule has 0 bridgehead atoms. The fourth-order valence-electron chi connectivity index (χ4n) is 3.85. The van der Waals surface area contributed by atoms with Crippen molar-refractivity contribution in [3.8, 4) is 11.4 Å². The molecule has 142 valence electrons. The first-order valence-electron chi connectivity index (χ1n) is 9.41. The molecule has 1 aliphatic heterocycles. The lowest BCUT2D eigenvalue weighted by Crippen LogP contribution is -2.46. The summed E-state index contributed by atoms with van der Waals surface area (Å²) in [6.07, 6.45) is 6.73. The maximum atomic E-state index is 5.79. The van der Waals surface area contributed by atoms with Crippen LogP contribution in [-0.4, -0.2) is 61.3 Å². The summed E-state index contributed by atoms with van der Waals surface area (Å²) in [5.41, 5.74) is 4.51. The van der Waals surface area contributed by atoms with Crippen molar-refractivity contribution in [2.45, 2.75) is 19.0 Å². The largest absolute Gasteiger partial charge is 0.378 e. The smallest absolute Gasteiger partial charge is 0.206 e. The molecule has 0 amide bonds. The summed E-state index contributed by atoms with van der Waals surface area (Å²) in [6.45, 7) is 3.20. The summed E-state index contributed by atoms with van der Waals surface area (Å²) < 4.78 is 5.79. The number of morpholine rings is 1. The minimum Gasteiger partial charge on any atom is -0.378 e. The molecule has 8 heteroatoms. The van der Waals surface area contributed by atoms with Crippen molar-refractivity contribution < 1.29 is 4.74 Å². The molecular formula is C20H21N7O. The molecule has 1 aromatic carbocycles. The van der Waals surface area contributed by atoms with E-state index < -0.39 is 0 Å². The fourth-order valence-corrected chi connectivity index (χ4v) is 3.85. The van der Waals surface area contributed by atoms with E-state index in [9.17, 15) is 0 Å². The number of ether oxygens (including phenoxy) is 1. The van der Waals surface area contributed by atoms with Gasteiger partial charge >= 0.3 is 0 Å². The summed E-state index contributed by atoms with van der Waals surface area (Å²) in [7, 11) is 0. The van der Waals surface area contributed by atoms with Gasteiger partial charge in [-0.3, -0.25) is 9.88 Å². The Balaban J connectivity index is 1.36. The maximum Gasteiger partial charge on any atom is 0.206 e. The van der Waals surface area contributed by atoms with Crippen LogP contribution in [0.2, 0.25) is 0 Å². The molecule has 0 saturated carbocycles. The van der Waals surface area contributed by atoms with Crippen molar-refractivity contribution in [2.24, 2.45) is 0 Å². The number of tetrazole rings is 1. The number of pyridine rings is 1. The third-order valence-corrected chi connectivity index (χ3v) is 5.26. The summed E-state index contributed by atoms with van der Waals surface area (Å²) >= 11 is 0. The van der Waals surface area contributed by atoms with Crippen molar-refractivity contribution in [3.05, 3.63) is 60.0 Å². The van der Waals surface area contributed by atoms with Gasteiger partial charge in [0.05, 0.1) is 13.2 Å². The minimum absolute atomic E-state index is 0.321. The van der Waals surface area contributed by atoms with E-state index in [0.29, 0.717) is 11.9 Å². The third kappa shape index (κ3) is 3.39. The molecule has 1 saturated heterocycles. The van der Waals surface area contributed by atoms with Crippen LogP contribution in [0.5, 0.6) is 0 Å². The number of para-hydroxylation sites is 1. The van der Waals surface area contributed by atoms with Crippen LogP contribution in [0.3, 0.4) is 0 Å². The molecule has 0 radical (unpaired) electrons. The Bertz CT molecular complexity index is 1060. The van der Waals surface area contributed by atoms with Gasteiger partial charge in [0, 0.05) is 54.2 Å². The Labute approximate surface area is 161 Å². The van der Waals surface area contributed by atoms with Gasteiger partial charge in [-0.05, 0) is 34.9 Å². The summed E-state index contributed by atoms with van der Waals surface area (Å²) in [6, 6.07) is 10.8. The molecule has 5 rings (SSSR count). The molecule has 0 aliphatic carbocycles. The first-order chi connectivity index (χ1) is 13.9. The Morgan fingerprint density at radius 3 is 3.11 bits per heavy atom. The molecule has 3 aromatic heterocycles.